The van der Waals surface area contributed by atoms with Crippen LogP contribution in [0.15, 0.2) is 10.5 Å². The third kappa shape index (κ3) is 3.40. The van der Waals surface area contributed by atoms with Crippen molar-refractivity contribution in [3.8, 4) is 5.88 Å². The van der Waals surface area contributed by atoms with Crippen LogP contribution < -0.4 is 10.6 Å². The van der Waals surface area contributed by atoms with Gasteiger partial charge in [-0.25, -0.2) is 4.79 Å². The van der Waals surface area contributed by atoms with Crippen LogP contribution >= 0.6 is 11.3 Å². The predicted octanol–water partition coefficient (Wildman–Crippen LogP) is 0.653. The molecule has 1 rings (SSSR count). The molecule has 0 fully saturated rings. The summed E-state index contributed by atoms with van der Waals surface area (Å²) in [7, 11) is 0. The molecule has 0 atom stereocenters. The van der Waals surface area contributed by atoms with Crippen molar-refractivity contribution in [3.63, 3.8) is 0 Å². The molecule has 6 nitrogen and oxygen atoms in total. The second-order valence-corrected chi connectivity index (χ2v) is 2.99. The summed E-state index contributed by atoms with van der Waals surface area (Å²) in [5, 5.41) is 5.32. The Labute approximate surface area is 84.3 Å². The number of carbonyl (C=O) groups excluding carboxylic acids is 1. The van der Waals surface area contributed by atoms with Crippen LogP contribution in [-0.4, -0.2) is 23.8 Å². The van der Waals surface area contributed by atoms with E-state index in [1.54, 1.807) is 12.3 Å². The summed E-state index contributed by atoms with van der Waals surface area (Å²) in [6.45, 7) is 2.00. The first-order valence-corrected chi connectivity index (χ1v) is 4.68. The normalized spacial score (nSPS) is 10.4. The van der Waals surface area contributed by atoms with Crippen molar-refractivity contribution in [1.82, 2.24) is 4.98 Å². The highest BCUT2D eigenvalue weighted by atomic mass is 32.1. The smallest absolute Gasteiger partial charge is 0.352 e. The third-order valence-electron chi connectivity index (χ3n) is 1.09. The fourth-order valence-corrected chi connectivity index (χ4v) is 1.08. The quantitative estimate of drug-likeness (QED) is 0.452. The van der Waals surface area contributed by atoms with E-state index in [0.717, 1.165) is 6.21 Å². The summed E-state index contributed by atoms with van der Waals surface area (Å²) < 4.78 is 4.57. The van der Waals surface area contributed by atoms with Crippen LogP contribution in [0.1, 0.15) is 6.92 Å². The maximum absolute atomic E-state index is 10.7. The first kappa shape index (κ1) is 10.5. The lowest BCUT2D eigenvalue weighted by Gasteiger charge is -1.93. The first-order chi connectivity index (χ1) is 6.72. The largest absolute Gasteiger partial charge is 0.462 e. The van der Waals surface area contributed by atoms with E-state index in [-0.39, 0.29) is 5.88 Å². The molecule has 76 valence electrons. The Balaban J connectivity index is 2.36. The minimum absolute atomic E-state index is 0.257. The highest BCUT2D eigenvalue weighted by Gasteiger charge is 1.99. The molecular weight excluding hydrogens is 206 g/mol. The molecule has 0 aliphatic carbocycles. The van der Waals surface area contributed by atoms with E-state index in [1.807, 2.05) is 0 Å². The molecule has 0 spiro atoms. The van der Waals surface area contributed by atoms with Crippen LogP contribution in [-0.2, 0) is 9.53 Å². The van der Waals surface area contributed by atoms with Gasteiger partial charge in [-0.15, -0.1) is 11.3 Å². The lowest BCUT2D eigenvalue weighted by Crippen LogP contribution is -2.05. The third-order valence-corrected chi connectivity index (χ3v) is 1.74. The molecule has 0 aliphatic rings. The van der Waals surface area contributed by atoms with E-state index < -0.39 is 5.97 Å². The van der Waals surface area contributed by atoms with Crippen molar-refractivity contribution in [2.75, 3.05) is 12.3 Å². The number of esters is 1. The topological polar surface area (TPSA) is 86.8 Å². The van der Waals surface area contributed by atoms with E-state index in [0.29, 0.717) is 11.7 Å². The SMILES string of the molecule is CCOC(=O)/C=N/Oc1csc(N)n1. The molecule has 0 bridgehead atoms. The minimum Gasteiger partial charge on any atom is -0.462 e. The number of thiazole rings is 1. The molecule has 0 unspecified atom stereocenters. The number of nitrogens with zero attached hydrogens (tertiary/aromatic N) is 2. The van der Waals surface area contributed by atoms with Gasteiger partial charge in [0.1, 0.15) is 0 Å². The van der Waals surface area contributed by atoms with Gasteiger partial charge in [-0.1, -0.05) is 5.16 Å². The average molecular weight is 215 g/mol. The lowest BCUT2D eigenvalue weighted by atomic mass is 10.7. The first-order valence-electron chi connectivity index (χ1n) is 3.80. The van der Waals surface area contributed by atoms with E-state index >= 15 is 0 Å². The number of hydrogen-bond acceptors (Lipinski definition) is 7. The van der Waals surface area contributed by atoms with Crippen molar-refractivity contribution in [3.05, 3.63) is 5.38 Å². The Kier molecular flexibility index (Phi) is 3.86. The number of oxime groups is 1. The number of nitrogen functional groups attached to an aromatic ring is 1. The molecule has 0 aliphatic heterocycles. The molecule has 7 heteroatoms. The number of ether oxygens (including phenoxy) is 1. The van der Waals surface area contributed by atoms with Gasteiger partial charge >= 0.3 is 5.97 Å². The second kappa shape index (κ2) is 5.18. The standard InChI is InChI=1S/C7H9N3O3S/c1-2-12-6(11)3-9-13-5-4-14-7(8)10-5/h3-4H,2H2,1H3,(H2,8,10)/b9-3+. The van der Waals surface area contributed by atoms with Gasteiger partial charge in [0.05, 0.1) is 12.0 Å². The van der Waals surface area contributed by atoms with Crippen LogP contribution in [0.25, 0.3) is 0 Å². The fourth-order valence-electron chi connectivity index (χ4n) is 0.617. The average Bonchev–Trinajstić information content (AvgIpc) is 2.52. The zero-order valence-electron chi connectivity index (χ0n) is 7.47. The highest BCUT2D eigenvalue weighted by molar-refractivity contribution is 7.13. The molecule has 0 amide bonds. The Morgan fingerprint density at radius 3 is 3.21 bits per heavy atom. The number of anilines is 1. The highest BCUT2D eigenvalue weighted by Crippen LogP contribution is 2.17. The van der Waals surface area contributed by atoms with Gasteiger partial charge in [0, 0.05) is 0 Å². The van der Waals surface area contributed by atoms with E-state index in [4.69, 9.17) is 10.6 Å². The van der Waals surface area contributed by atoms with Crippen molar-refractivity contribution in [2.24, 2.45) is 5.16 Å². The van der Waals surface area contributed by atoms with E-state index in [2.05, 4.69) is 14.9 Å². The molecule has 1 aromatic rings. The van der Waals surface area contributed by atoms with Gasteiger partial charge in [0.15, 0.2) is 11.3 Å². The summed E-state index contributed by atoms with van der Waals surface area (Å²) in [5.74, 6) is -0.302. The molecule has 0 saturated heterocycles. The fraction of sp³-hybridized carbons (Fsp3) is 0.286. The predicted molar refractivity (Wildman–Crippen MR) is 52.3 cm³/mol. The van der Waals surface area contributed by atoms with Gasteiger partial charge < -0.3 is 15.3 Å². The Morgan fingerprint density at radius 1 is 1.86 bits per heavy atom. The van der Waals surface area contributed by atoms with Gasteiger partial charge in [0.25, 0.3) is 5.88 Å². The Bertz CT molecular complexity index is 337. The summed E-state index contributed by atoms with van der Waals surface area (Å²) in [4.78, 5) is 19.2. The molecule has 1 aromatic heterocycles. The van der Waals surface area contributed by atoms with Gasteiger partial charge in [-0.05, 0) is 6.92 Å². The second-order valence-electron chi connectivity index (χ2n) is 2.10. The van der Waals surface area contributed by atoms with Crippen molar-refractivity contribution < 1.29 is 14.4 Å². The van der Waals surface area contributed by atoms with Crippen LogP contribution in [0.2, 0.25) is 0 Å². The van der Waals surface area contributed by atoms with Crippen LogP contribution in [0.3, 0.4) is 0 Å². The molecule has 0 radical (unpaired) electrons. The zero-order chi connectivity index (χ0) is 10.4. The van der Waals surface area contributed by atoms with Crippen LogP contribution in [0.5, 0.6) is 5.88 Å². The zero-order valence-corrected chi connectivity index (χ0v) is 8.28. The lowest BCUT2D eigenvalue weighted by molar-refractivity contribution is -0.134. The summed E-state index contributed by atoms with van der Waals surface area (Å²) in [5.41, 5.74) is 5.34. The number of rotatable bonds is 4. The number of carbonyl (C=O) groups is 1. The molecule has 0 aromatic carbocycles. The molecule has 0 saturated carbocycles. The van der Waals surface area contributed by atoms with Gasteiger partial charge in [-0.2, -0.15) is 4.98 Å². The van der Waals surface area contributed by atoms with Crippen molar-refractivity contribution in [1.29, 1.82) is 0 Å². The maximum atomic E-state index is 10.7. The molecule has 1 heterocycles. The van der Waals surface area contributed by atoms with Crippen molar-refractivity contribution in [2.45, 2.75) is 6.92 Å². The van der Waals surface area contributed by atoms with Crippen molar-refractivity contribution >= 4 is 28.7 Å². The summed E-state index contributed by atoms with van der Waals surface area (Å²) in [6.07, 6.45) is 0.930. The van der Waals surface area contributed by atoms with E-state index in [1.165, 1.54) is 11.3 Å². The monoisotopic (exact) mass is 215 g/mol. The van der Waals surface area contributed by atoms with Crippen LogP contribution in [0, 0.1) is 0 Å². The summed E-state index contributed by atoms with van der Waals surface area (Å²) in [6, 6.07) is 0. The molecular formula is C7H9N3O3S. The Morgan fingerprint density at radius 2 is 2.64 bits per heavy atom. The van der Waals surface area contributed by atoms with Crippen LogP contribution in [0.4, 0.5) is 5.13 Å². The maximum Gasteiger partial charge on any atom is 0.352 e. The van der Waals surface area contributed by atoms with Gasteiger partial charge in [0.2, 0.25) is 0 Å². The molecule has 14 heavy (non-hydrogen) atoms. The van der Waals surface area contributed by atoms with E-state index in [9.17, 15) is 4.79 Å². The number of hydrogen-bond donors (Lipinski definition) is 1. The summed E-state index contributed by atoms with van der Waals surface area (Å²) >= 11 is 1.23. The molecule has 2 N–H and O–H groups in total. The Hall–Kier alpha value is -1.63. The number of nitrogens with two attached hydrogens (primary N) is 1. The minimum atomic E-state index is -0.560. The van der Waals surface area contributed by atoms with Gasteiger partial charge in [-0.3, -0.25) is 0 Å². The number of aromatic nitrogens is 1.